The number of nitro benzene ring substituents is 1. The summed E-state index contributed by atoms with van der Waals surface area (Å²) in [6.07, 6.45) is 0.219. The Kier molecular flexibility index (Phi) is 7.50. The second-order valence-corrected chi connectivity index (χ2v) is 7.16. The fraction of sp³-hybridized carbons (Fsp3) is 0.333. The van der Waals surface area contributed by atoms with Crippen LogP contribution in [0.4, 0.5) is 21.5 Å². The van der Waals surface area contributed by atoms with Gasteiger partial charge in [0, 0.05) is 50.9 Å². The Morgan fingerprint density at radius 1 is 1.03 bits per heavy atom. The Balaban J connectivity index is 1.38. The van der Waals surface area contributed by atoms with Gasteiger partial charge in [0.25, 0.3) is 5.69 Å². The maximum atomic E-state index is 12.9. The topological polar surface area (TPSA) is 108 Å². The number of para-hydroxylation sites is 2. The molecule has 1 aliphatic rings. The van der Waals surface area contributed by atoms with Gasteiger partial charge < -0.3 is 15.5 Å². The van der Waals surface area contributed by atoms with E-state index in [1.165, 1.54) is 30.3 Å². The first-order valence-electron chi connectivity index (χ1n) is 9.95. The number of halogens is 1. The van der Waals surface area contributed by atoms with Gasteiger partial charge in [-0.2, -0.15) is 0 Å². The lowest BCUT2D eigenvalue weighted by Gasteiger charge is -2.34. The second-order valence-electron chi connectivity index (χ2n) is 7.16. The van der Waals surface area contributed by atoms with Gasteiger partial charge in [-0.25, -0.2) is 4.39 Å². The second kappa shape index (κ2) is 10.5. The van der Waals surface area contributed by atoms with E-state index < -0.39 is 4.92 Å². The molecule has 0 unspecified atom stereocenters. The van der Waals surface area contributed by atoms with E-state index in [2.05, 4.69) is 10.6 Å². The van der Waals surface area contributed by atoms with Crippen molar-refractivity contribution in [2.24, 2.45) is 0 Å². The number of nitrogens with zero attached hydrogens (tertiary/aromatic N) is 3. The van der Waals surface area contributed by atoms with Gasteiger partial charge in [0.1, 0.15) is 11.5 Å². The number of hydrogen-bond donors (Lipinski definition) is 2. The van der Waals surface area contributed by atoms with Gasteiger partial charge in [0.2, 0.25) is 11.8 Å². The molecule has 0 atom stereocenters. The molecule has 164 valence electrons. The zero-order chi connectivity index (χ0) is 22.2. The zero-order valence-electron chi connectivity index (χ0n) is 16.9. The van der Waals surface area contributed by atoms with E-state index >= 15 is 0 Å². The summed E-state index contributed by atoms with van der Waals surface area (Å²) >= 11 is 0. The average Bonchev–Trinajstić information content (AvgIpc) is 2.76. The molecule has 0 aliphatic carbocycles. The van der Waals surface area contributed by atoms with Crippen LogP contribution in [-0.4, -0.2) is 65.8 Å². The Morgan fingerprint density at radius 3 is 2.39 bits per heavy atom. The molecule has 1 saturated heterocycles. The number of carbonyl (C=O) groups excluding carboxylic acids is 2. The molecule has 0 aromatic heterocycles. The molecule has 31 heavy (non-hydrogen) atoms. The van der Waals surface area contributed by atoms with Crippen LogP contribution in [0.15, 0.2) is 48.5 Å². The Labute approximate surface area is 179 Å². The molecule has 2 aromatic rings. The number of amides is 2. The summed E-state index contributed by atoms with van der Waals surface area (Å²) in [5, 5.41) is 16.7. The van der Waals surface area contributed by atoms with Gasteiger partial charge in [-0.1, -0.05) is 12.1 Å². The first-order valence-corrected chi connectivity index (χ1v) is 9.95. The number of rotatable bonds is 8. The van der Waals surface area contributed by atoms with E-state index in [9.17, 15) is 24.1 Å². The van der Waals surface area contributed by atoms with Crippen LogP contribution in [0.2, 0.25) is 0 Å². The zero-order valence-corrected chi connectivity index (χ0v) is 16.9. The van der Waals surface area contributed by atoms with Gasteiger partial charge in [-0.05, 0) is 30.3 Å². The van der Waals surface area contributed by atoms with Crippen LogP contribution in [0.1, 0.15) is 6.42 Å². The third-order valence-corrected chi connectivity index (χ3v) is 4.98. The van der Waals surface area contributed by atoms with Gasteiger partial charge in [-0.15, -0.1) is 0 Å². The molecule has 2 aromatic carbocycles. The third-order valence-electron chi connectivity index (χ3n) is 4.98. The van der Waals surface area contributed by atoms with Crippen molar-refractivity contribution >= 4 is 28.9 Å². The number of nitrogens with one attached hydrogen (secondary N) is 2. The smallest absolute Gasteiger partial charge is 0.292 e. The predicted octanol–water partition coefficient (Wildman–Crippen LogP) is 2.32. The molecule has 0 bridgehead atoms. The van der Waals surface area contributed by atoms with Crippen molar-refractivity contribution in [3.8, 4) is 0 Å². The van der Waals surface area contributed by atoms with Gasteiger partial charge in [0.15, 0.2) is 0 Å². The fourth-order valence-corrected chi connectivity index (χ4v) is 3.34. The molecule has 10 heteroatoms. The molecular formula is C21H24FN5O4. The normalized spacial score (nSPS) is 14.2. The van der Waals surface area contributed by atoms with Crippen molar-refractivity contribution in [1.82, 2.24) is 9.80 Å². The molecule has 2 N–H and O–H groups in total. The minimum Gasteiger partial charge on any atom is -0.379 e. The summed E-state index contributed by atoms with van der Waals surface area (Å²) in [5.74, 6) is -0.600. The minimum absolute atomic E-state index is 0.0255. The van der Waals surface area contributed by atoms with Crippen LogP contribution in [0.3, 0.4) is 0 Å². The Morgan fingerprint density at radius 2 is 1.71 bits per heavy atom. The van der Waals surface area contributed by atoms with E-state index in [1.807, 2.05) is 4.90 Å². The lowest BCUT2D eigenvalue weighted by molar-refractivity contribution is -0.384. The molecular weight excluding hydrogens is 405 g/mol. The van der Waals surface area contributed by atoms with Crippen LogP contribution in [0, 0.1) is 15.9 Å². The highest BCUT2D eigenvalue weighted by atomic mass is 19.1. The van der Waals surface area contributed by atoms with Gasteiger partial charge in [0.05, 0.1) is 11.5 Å². The maximum absolute atomic E-state index is 12.9. The molecule has 1 heterocycles. The van der Waals surface area contributed by atoms with E-state index in [4.69, 9.17) is 0 Å². The number of hydrogen-bond acceptors (Lipinski definition) is 6. The number of anilines is 2. The first-order chi connectivity index (χ1) is 14.9. The highest BCUT2D eigenvalue weighted by Crippen LogP contribution is 2.23. The van der Waals surface area contributed by atoms with Gasteiger partial charge >= 0.3 is 0 Å². The van der Waals surface area contributed by atoms with Crippen LogP contribution in [0.25, 0.3) is 0 Å². The summed E-state index contributed by atoms with van der Waals surface area (Å²) in [6.45, 7) is 2.64. The van der Waals surface area contributed by atoms with E-state index in [0.29, 0.717) is 44.1 Å². The van der Waals surface area contributed by atoms with Crippen LogP contribution < -0.4 is 10.6 Å². The molecule has 3 rings (SSSR count). The number of benzene rings is 2. The third kappa shape index (κ3) is 6.48. The van der Waals surface area contributed by atoms with Crippen molar-refractivity contribution in [2.45, 2.75) is 6.42 Å². The minimum atomic E-state index is -0.463. The molecule has 0 spiro atoms. The Hall–Kier alpha value is -3.53. The highest BCUT2D eigenvalue weighted by Gasteiger charge is 2.22. The molecule has 1 fully saturated rings. The standard InChI is InChI=1S/C21H24FN5O4/c22-16-5-7-17(8-6-16)24-20(28)15-25-11-13-26(14-12-25)21(29)9-10-23-18-3-1-2-4-19(18)27(30)31/h1-8,23H,9-15H2,(H,24,28). The SMILES string of the molecule is O=C(CN1CCN(C(=O)CCNc2ccccc2[N+](=O)[O-])CC1)Nc1ccc(F)cc1. The lowest BCUT2D eigenvalue weighted by atomic mass is 10.2. The van der Waals surface area contributed by atoms with Crippen molar-refractivity contribution in [1.29, 1.82) is 0 Å². The highest BCUT2D eigenvalue weighted by molar-refractivity contribution is 5.92. The largest absolute Gasteiger partial charge is 0.379 e. The maximum Gasteiger partial charge on any atom is 0.292 e. The summed E-state index contributed by atoms with van der Waals surface area (Å²) < 4.78 is 12.9. The quantitative estimate of drug-likeness (QED) is 0.493. The van der Waals surface area contributed by atoms with E-state index in [1.54, 1.807) is 23.1 Å². The van der Waals surface area contributed by atoms with Crippen molar-refractivity contribution in [2.75, 3.05) is 49.9 Å². The monoisotopic (exact) mass is 429 g/mol. The Bertz CT molecular complexity index is 930. The van der Waals surface area contributed by atoms with Gasteiger partial charge in [-0.3, -0.25) is 24.6 Å². The van der Waals surface area contributed by atoms with Crippen LogP contribution >= 0.6 is 0 Å². The summed E-state index contributed by atoms with van der Waals surface area (Å²) in [5.41, 5.74) is 0.895. The summed E-state index contributed by atoms with van der Waals surface area (Å²) in [4.78, 5) is 38.8. The summed E-state index contributed by atoms with van der Waals surface area (Å²) in [6, 6.07) is 11.9. The fourth-order valence-electron chi connectivity index (χ4n) is 3.34. The van der Waals surface area contributed by atoms with E-state index in [-0.39, 0.29) is 36.3 Å². The molecule has 0 saturated carbocycles. The number of piperazine rings is 1. The lowest BCUT2D eigenvalue weighted by Crippen LogP contribution is -2.50. The number of nitro groups is 1. The van der Waals surface area contributed by atoms with Crippen molar-refractivity contribution in [3.05, 3.63) is 64.5 Å². The molecule has 9 nitrogen and oxygen atoms in total. The van der Waals surface area contributed by atoms with Crippen molar-refractivity contribution < 1.29 is 18.9 Å². The van der Waals surface area contributed by atoms with E-state index in [0.717, 1.165) is 0 Å². The van der Waals surface area contributed by atoms with Crippen molar-refractivity contribution in [3.63, 3.8) is 0 Å². The first kappa shape index (κ1) is 22.2. The average molecular weight is 429 g/mol. The predicted molar refractivity (Wildman–Crippen MR) is 114 cm³/mol. The number of carbonyl (C=O) groups is 2. The molecule has 0 radical (unpaired) electrons. The molecule has 2 amide bonds. The summed E-state index contributed by atoms with van der Waals surface area (Å²) in [7, 11) is 0. The molecule has 1 aliphatic heterocycles. The van der Waals surface area contributed by atoms with Crippen LogP contribution in [-0.2, 0) is 9.59 Å². The van der Waals surface area contributed by atoms with Crippen LogP contribution in [0.5, 0.6) is 0 Å².